The van der Waals surface area contributed by atoms with E-state index in [4.69, 9.17) is 5.73 Å². The van der Waals surface area contributed by atoms with E-state index in [1.165, 1.54) is 0 Å². The Labute approximate surface area is 91.2 Å². The van der Waals surface area contributed by atoms with Gasteiger partial charge in [-0.1, -0.05) is 13.8 Å². The van der Waals surface area contributed by atoms with Crippen LogP contribution in [-0.4, -0.2) is 29.7 Å². The van der Waals surface area contributed by atoms with E-state index < -0.39 is 6.04 Å². The van der Waals surface area contributed by atoms with Gasteiger partial charge < -0.3 is 16.2 Å². The normalized spacial score (nSPS) is 28.1. The van der Waals surface area contributed by atoms with Crippen molar-refractivity contribution < 1.29 is 9.90 Å². The number of nitrogens with two attached hydrogens (primary N) is 1. The van der Waals surface area contributed by atoms with Gasteiger partial charge in [0.1, 0.15) is 0 Å². The molecule has 1 amide bonds. The van der Waals surface area contributed by atoms with Crippen LogP contribution in [0.3, 0.4) is 0 Å². The third-order valence-corrected chi connectivity index (χ3v) is 3.10. The van der Waals surface area contributed by atoms with Crippen LogP contribution < -0.4 is 11.1 Å². The van der Waals surface area contributed by atoms with Gasteiger partial charge in [-0.25, -0.2) is 0 Å². The second-order valence-electron chi connectivity index (χ2n) is 4.85. The molecule has 1 saturated carbocycles. The predicted octanol–water partition coefficient (Wildman–Crippen LogP) is 0.247. The Morgan fingerprint density at radius 2 is 2.20 bits per heavy atom. The van der Waals surface area contributed by atoms with Gasteiger partial charge in [-0.2, -0.15) is 0 Å². The minimum absolute atomic E-state index is 0.0774. The molecule has 0 saturated heterocycles. The summed E-state index contributed by atoms with van der Waals surface area (Å²) in [7, 11) is 0. The Morgan fingerprint density at radius 1 is 1.53 bits per heavy atom. The highest BCUT2D eigenvalue weighted by molar-refractivity contribution is 5.81. The molecule has 1 aliphatic carbocycles. The van der Waals surface area contributed by atoms with E-state index in [1.807, 2.05) is 13.8 Å². The van der Waals surface area contributed by atoms with Gasteiger partial charge in [-0.05, 0) is 31.1 Å². The zero-order chi connectivity index (χ0) is 11.4. The fraction of sp³-hybridized carbons (Fsp3) is 0.909. The van der Waals surface area contributed by atoms with Crippen LogP contribution in [0.2, 0.25) is 0 Å². The fourth-order valence-electron chi connectivity index (χ4n) is 1.90. The van der Waals surface area contributed by atoms with Crippen molar-refractivity contribution in [1.82, 2.24) is 5.32 Å². The number of carbonyl (C=O) groups is 1. The summed E-state index contributed by atoms with van der Waals surface area (Å²) in [6.07, 6.45) is 2.48. The van der Waals surface area contributed by atoms with Crippen LogP contribution in [-0.2, 0) is 4.79 Å². The summed E-state index contributed by atoms with van der Waals surface area (Å²) in [4.78, 5) is 11.5. The summed E-state index contributed by atoms with van der Waals surface area (Å²) in [5, 5.41) is 12.2. The van der Waals surface area contributed by atoms with E-state index in [0.717, 1.165) is 19.3 Å². The number of rotatable bonds is 4. The van der Waals surface area contributed by atoms with Crippen LogP contribution >= 0.6 is 0 Å². The molecule has 1 fully saturated rings. The molecule has 1 rings (SSSR count). The number of hydrogen-bond acceptors (Lipinski definition) is 3. The smallest absolute Gasteiger partial charge is 0.237 e. The standard InChI is InChI=1S/C11H22N2O2/c1-7(2)10(12)11(15)13-6-8-3-4-9(14)5-8/h7-10,14H,3-6,12H2,1-2H3,(H,13,15)/t8?,9?,10-/m1/s1. The van der Waals surface area contributed by atoms with Gasteiger partial charge in [0.2, 0.25) is 5.91 Å². The van der Waals surface area contributed by atoms with Crippen LogP contribution in [0, 0.1) is 11.8 Å². The summed E-state index contributed by atoms with van der Waals surface area (Å²) >= 11 is 0. The number of amides is 1. The van der Waals surface area contributed by atoms with Gasteiger partial charge in [-0.15, -0.1) is 0 Å². The molecule has 0 aromatic rings. The van der Waals surface area contributed by atoms with Crippen molar-refractivity contribution in [3.8, 4) is 0 Å². The van der Waals surface area contributed by atoms with Gasteiger partial charge in [-0.3, -0.25) is 4.79 Å². The molecular formula is C11H22N2O2. The first kappa shape index (κ1) is 12.5. The maximum absolute atomic E-state index is 11.5. The van der Waals surface area contributed by atoms with E-state index in [0.29, 0.717) is 12.5 Å². The maximum Gasteiger partial charge on any atom is 0.237 e. The van der Waals surface area contributed by atoms with Crippen molar-refractivity contribution in [1.29, 1.82) is 0 Å². The van der Waals surface area contributed by atoms with E-state index in [9.17, 15) is 9.90 Å². The second-order valence-corrected chi connectivity index (χ2v) is 4.85. The molecule has 0 aromatic carbocycles. The Balaban J connectivity index is 2.22. The summed E-state index contributed by atoms with van der Waals surface area (Å²) < 4.78 is 0. The molecule has 0 aromatic heterocycles. The van der Waals surface area contributed by atoms with Crippen molar-refractivity contribution in [3.63, 3.8) is 0 Å². The largest absolute Gasteiger partial charge is 0.393 e. The molecule has 0 aliphatic heterocycles. The average Bonchev–Trinajstić information content (AvgIpc) is 2.59. The van der Waals surface area contributed by atoms with Crippen molar-refractivity contribution >= 4 is 5.91 Å². The first-order valence-corrected chi connectivity index (χ1v) is 5.72. The molecule has 0 heterocycles. The SMILES string of the molecule is CC(C)[C@@H](N)C(=O)NCC1CCC(O)C1. The molecule has 4 heteroatoms. The molecule has 0 bridgehead atoms. The zero-order valence-electron chi connectivity index (χ0n) is 9.57. The molecule has 2 unspecified atom stereocenters. The molecule has 88 valence electrons. The molecule has 0 radical (unpaired) electrons. The van der Waals surface area contributed by atoms with Gasteiger partial charge in [0.05, 0.1) is 12.1 Å². The second kappa shape index (κ2) is 5.47. The molecule has 1 aliphatic rings. The number of carbonyl (C=O) groups excluding carboxylic acids is 1. The van der Waals surface area contributed by atoms with E-state index in [1.54, 1.807) is 0 Å². The summed E-state index contributed by atoms with van der Waals surface area (Å²) in [5.74, 6) is 0.508. The van der Waals surface area contributed by atoms with Crippen LogP contribution in [0.5, 0.6) is 0 Å². The van der Waals surface area contributed by atoms with Gasteiger partial charge >= 0.3 is 0 Å². The number of aliphatic hydroxyl groups is 1. The highest BCUT2D eigenvalue weighted by Gasteiger charge is 2.24. The molecule has 4 nitrogen and oxygen atoms in total. The van der Waals surface area contributed by atoms with Crippen molar-refractivity contribution in [2.45, 2.75) is 45.3 Å². The Morgan fingerprint density at radius 3 is 2.67 bits per heavy atom. The quantitative estimate of drug-likeness (QED) is 0.628. The third-order valence-electron chi connectivity index (χ3n) is 3.10. The van der Waals surface area contributed by atoms with Gasteiger partial charge in [0.15, 0.2) is 0 Å². The zero-order valence-corrected chi connectivity index (χ0v) is 9.57. The Bertz CT molecular complexity index is 219. The summed E-state index contributed by atoms with van der Waals surface area (Å²) in [5.41, 5.74) is 5.71. The van der Waals surface area contributed by atoms with Crippen molar-refractivity contribution in [2.75, 3.05) is 6.54 Å². The van der Waals surface area contributed by atoms with E-state index in [2.05, 4.69) is 5.32 Å². The minimum atomic E-state index is -0.420. The number of aliphatic hydroxyl groups excluding tert-OH is 1. The average molecular weight is 214 g/mol. The Kier molecular flexibility index (Phi) is 4.54. The van der Waals surface area contributed by atoms with Crippen LogP contribution in [0.15, 0.2) is 0 Å². The van der Waals surface area contributed by atoms with E-state index >= 15 is 0 Å². The first-order valence-electron chi connectivity index (χ1n) is 5.72. The summed E-state index contributed by atoms with van der Waals surface area (Å²) in [6, 6.07) is -0.420. The lowest BCUT2D eigenvalue weighted by molar-refractivity contribution is -0.123. The van der Waals surface area contributed by atoms with Crippen molar-refractivity contribution in [2.24, 2.45) is 17.6 Å². The summed E-state index contributed by atoms with van der Waals surface area (Å²) in [6.45, 7) is 4.52. The molecule has 0 spiro atoms. The predicted molar refractivity (Wildman–Crippen MR) is 59.2 cm³/mol. The minimum Gasteiger partial charge on any atom is -0.393 e. The highest BCUT2D eigenvalue weighted by atomic mass is 16.3. The van der Waals surface area contributed by atoms with Crippen LogP contribution in [0.1, 0.15) is 33.1 Å². The van der Waals surface area contributed by atoms with Crippen LogP contribution in [0.4, 0.5) is 0 Å². The number of hydrogen-bond donors (Lipinski definition) is 3. The topological polar surface area (TPSA) is 75.4 Å². The first-order chi connectivity index (χ1) is 7.00. The van der Waals surface area contributed by atoms with Crippen LogP contribution in [0.25, 0.3) is 0 Å². The lowest BCUT2D eigenvalue weighted by Crippen LogP contribution is -2.45. The molecular weight excluding hydrogens is 192 g/mol. The monoisotopic (exact) mass is 214 g/mol. The van der Waals surface area contributed by atoms with E-state index in [-0.39, 0.29) is 17.9 Å². The lowest BCUT2D eigenvalue weighted by Gasteiger charge is -2.17. The fourth-order valence-corrected chi connectivity index (χ4v) is 1.90. The third kappa shape index (κ3) is 3.80. The molecule has 15 heavy (non-hydrogen) atoms. The highest BCUT2D eigenvalue weighted by Crippen LogP contribution is 2.24. The molecule has 3 atom stereocenters. The van der Waals surface area contributed by atoms with Gasteiger partial charge in [0, 0.05) is 6.54 Å². The Hall–Kier alpha value is -0.610. The lowest BCUT2D eigenvalue weighted by atomic mass is 10.0. The number of nitrogens with one attached hydrogen (secondary N) is 1. The van der Waals surface area contributed by atoms with Gasteiger partial charge in [0.25, 0.3) is 0 Å². The maximum atomic E-state index is 11.5. The molecule has 4 N–H and O–H groups in total. The van der Waals surface area contributed by atoms with Crippen molar-refractivity contribution in [3.05, 3.63) is 0 Å².